The molecule has 0 heterocycles. The monoisotopic (exact) mass is 314 g/mol. The molecule has 1 rings (SSSR count). The minimum absolute atomic E-state index is 0.0126. The molecule has 0 bridgehead atoms. The molecule has 1 amide bonds. The van der Waals surface area contributed by atoms with Gasteiger partial charge in [-0.05, 0) is 24.6 Å². The van der Waals surface area contributed by atoms with Crippen LogP contribution in [0.1, 0.15) is 22.3 Å². The van der Waals surface area contributed by atoms with Crippen LogP contribution in [-0.2, 0) is 14.8 Å². The Kier molecular flexibility index (Phi) is 5.45. The first-order valence-corrected chi connectivity index (χ1v) is 7.65. The zero-order valence-corrected chi connectivity index (χ0v) is 12.9. The van der Waals surface area contributed by atoms with Gasteiger partial charge in [-0.2, -0.15) is 0 Å². The van der Waals surface area contributed by atoms with Crippen molar-refractivity contribution in [2.75, 3.05) is 20.6 Å². The van der Waals surface area contributed by atoms with E-state index in [4.69, 9.17) is 5.11 Å². The van der Waals surface area contributed by atoms with Crippen LogP contribution in [0.3, 0.4) is 0 Å². The Morgan fingerprint density at radius 1 is 1.33 bits per heavy atom. The largest absolute Gasteiger partial charge is 0.478 e. The number of carbonyl (C=O) groups excluding carboxylic acids is 1. The number of aromatic carboxylic acids is 1. The molecule has 0 radical (unpaired) electrons. The van der Waals surface area contributed by atoms with E-state index >= 15 is 0 Å². The summed E-state index contributed by atoms with van der Waals surface area (Å²) in [6.07, 6.45) is 0.0316. The van der Waals surface area contributed by atoms with E-state index in [1.54, 1.807) is 0 Å². The van der Waals surface area contributed by atoms with Crippen LogP contribution in [0.25, 0.3) is 0 Å². The molecule has 0 atom stereocenters. The molecule has 0 unspecified atom stereocenters. The molecule has 0 saturated carbocycles. The van der Waals surface area contributed by atoms with E-state index in [0.29, 0.717) is 0 Å². The minimum atomic E-state index is -3.84. The zero-order chi connectivity index (χ0) is 16.2. The van der Waals surface area contributed by atoms with Crippen LogP contribution >= 0.6 is 0 Å². The Labute approximate surface area is 123 Å². The number of rotatable bonds is 6. The number of nitrogens with one attached hydrogen (secondary N) is 1. The number of amides is 1. The maximum atomic E-state index is 12.4. The number of nitrogens with zero attached hydrogens (tertiary/aromatic N) is 1. The molecule has 0 aromatic heterocycles. The van der Waals surface area contributed by atoms with Gasteiger partial charge in [0.25, 0.3) is 0 Å². The fourth-order valence-corrected chi connectivity index (χ4v) is 3.21. The molecule has 1 aromatic rings. The average Bonchev–Trinajstić information content (AvgIpc) is 2.43. The van der Waals surface area contributed by atoms with Crippen LogP contribution < -0.4 is 5.32 Å². The number of hydrogen-bond acceptors (Lipinski definition) is 4. The van der Waals surface area contributed by atoms with Crippen molar-refractivity contribution < 1.29 is 23.1 Å². The Morgan fingerprint density at radius 3 is 2.48 bits per heavy atom. The maximum Gasteiger partial charge on any atom is 0.335 e. The molecule has 0 fully saturated rings. The van der Waals surface area contributed by atoms with Crippen LogP contribution in [0, 0.1) is 6.92 Å². The van der Waals surface area contributed by atoms with Gasteiger partial charge < -0.3 is 10.4 Å². The highest BCUT2D eigenvalue weighted by molar-refractivity contribution is 7.89. The topological polar surface area (TPSA) is 104 Å². The summed E-state index contributed by atoms with van der Waals surface area (Å²) in [6, 6.07) is 4.09. The lowest BCUT2D eigenvalue weighted by Crippen LogP contribution is -2.32. The van der Waals surface area contributed by atoms with Crippen molar-refractivity contribution in [3.63, 3.8) is 0 Å². The smallest absolute Gasteiger partial charge is 0.335 e. The highest BCUT2D eigenvalue weighted by Crippen LogP contribution is 2.22. The minimum Gasteiger partial charge on any atom is -0.478 e. The van der Waals surface area contributed by atoms with E-state index in [-0.39, 0.29) is 34.9 Å². The predicted molar refractivity (Wildman–Crippen MR) is 76.6 cm³/mol. The number of carboxylic acids is 1. The highest BCUT2D eigenvalue weighted by Gasteiger charge is 2.25. The molecule has 21 heavy (non-hydrogen) atoms. The Bertz CT molecular complexity index is 655. The van der Waals surface area contributed by atoms with Gasteiger partial charge in [0.2, 0.25) is 15.9 Å². The maximum absolute atomic E-state index is 12.4. The van der Waals surface area contributed by atoms with Gasteiger partial charge in [-0.1, -0.05) is 6.07 Å². The van der Waals surface area contributed by atoms with Crippen molar-refractivity contribution >= 4 is 21.9 Å². The van der Waals surface area contributed by atoms with Crippen molar-refractivity contribution in [2.45, 2.75) is 18.2 Å². The molecule has 0 aliphatic rings. The molecule has 1 aromatic carbocycles. The van der Waals surface area contributed by atoms with Crippen molar-refractivity contribution in [2.24, 2.45) is 0 Å². The molecule has 0 spiro atoms. The van der Waals surface area contributed by atoms with Crippen LogP contribution in [0.5, 0.6) is 0 Å². The first-order valence-electron chi connectivity index (χ1n) is 6.21. The molecule has 7 nitrogen and oxygen atoms in total. The summed E-state index contributed by atoms with van der Waals surface area (Å²) in [5, 5.41) is 11.4. The molecule has 2 N–H and O–H groups in total. The lowest BCUT2D eigenvalue weighted by molar-refractivity contribution is -0.120. The lowest BCUT2D eigenvalue weighted by atomic mass is 10.1. The summed E-state index contributed by atoms with van der Waals surface area (Å²) in [7, 11) is -1.02. The van der Waals surface area contributed by atoms with Crippen molar-refractivity contribution in [3.8, 4) is 0 Å². The van der Waals surface area contributed by atoms with Crippen molar-refractivity contribution in [1.82, 2.24) is 9.62 Å². The lowest BCUT2D eigenvalue weighted by Gasteiger charge is -2.18. The van der Waals surface area contributed by atoms with Crippen molar-refractivity contribution in [3.05, 3.63) is 29.3 Å². The van der Waals surface area contributed by atoms with Crippen LogP contribution in [-0.4, -0.2) is 50.3 Å². The number of hydrogen-bond donors (Lipinski definition) is 2. The van der Waals surface area contributed by atoms with E-state index in [1.165, 1.54) is 39.2 Å². The van der Waals surface area contributed by atoms with Gasteiger partial charge in [0.05, 0.1) is 10.5 Å². The standard InChI is InChI=1S/C13H18N2O5S/c1-9-10(13(17)18)5-4-6-11(9)21(19,20)15(3)8-7-12(16)14-2/h4-6H,7-8H2,1-3H3,(H,14,16)(H,17,18). The molecule has 116 valence electrons. The number of carboxylic acid groups (broad SMARTS) is 1. The Hall–Kier alpha value is -1.93. The summed E-state index contributed by atoms with van der Waals surface area (Å²) in [5.41, 5.74) is 0.118. The van der Waals surface area contributed by atoms with E-state index in [1.807, 2.05) is 0 Å². The molecule has 8 heteroatoms. The Balaban J connectivity index is 3.11. The van der Waals surface area contributed by atoms with E-state index in [2.05, 4.69) is 5.32 Å². The van der Waals surface area contributed by atoms with Gasteiger partial charge in [-0.3, -0.25) is 4.79 Å². The molecular weight excluding hydrogens is 296 g/mol. The van der Waals surface area contributed by atoms with Crippen molar-refractivity contribution in [1.29, 1.82) is 0 Å². The normalized spacial score (nSPS) is 11.4. The first-order chi connectivity index (χ1) is 9.71. The van der Waals surface area contributed by atoms with Gasteiger partial charge in [-0.25, -0.2) is 17.5 Å². The summed E-state index contributed by atoms with van der Waals surface area (Å²) < 4.78 is 25.9. The summed E-state index contributed by atoms with van der Waals surface area (Å²) in [6.45, 7) is 1.46. The Morgan fingerprint density at radius 2 is 1.95 bits per heavy atom. The third-order valence-electron chi connectivity index (χ3n) is 3.14. The second-order valence-electron chi connectivity index (χ2n) is 4.48. The number of benzene rings is 1. The van der Waals surface area contributed by atoms with E-state index in [9.17, 15) is 18.0 Å². The summed E-state index contributed by atoms with van der Waals surface area (Å²) >= 11 is 0. The zero-order valence-electron chi connectivity index (χ0n) is 12.1. The van der Waals surface area contributed by atoms with Crippen LogP contribution in [0.4, 0.5) is 0 Å². The predicted octanol–water partition coefficient (Wildman–Crippen LogP) is 0.450. The summed E-state index contributed by atoms with van der Waals surface area (Å²) in [4.78, 5) is 22.2. The summed E-state index contributed by atoms with van der Waals surface area (Å²) in [5.74, 6) is -1.45. The van der Waals surface area contributed by atoms with Crippen LogP contribution in [0.15, 0.2) is 23.1 Å². The second-order valence-corrected chi connectivity index (χ2v) is 6.50. The third kappa shape index (κ3) is 3.79. The first kappa shape index (κ1) is 17.1. The molecular formula is C13H18N2O5S. The third-order valence-corrected chi connectivity index (χ3v) is 5.14. The van der Waals surface area contributed by atoms with Gasteiger partial charge in [0, 0.05) is 27.1 Å². The fourth-order valence-electron chi connectivity index (χ4n) is 1.80. The molecule has 0 saturated heterocycles. The van der Waals surface area contributed by atoms with Gasteiger partial charge in [0.1, 0.15) is 0 Å². The van der Waals surface area contributed by atoms with Gasteiger partial charge in [-0.15, -0.1) is 0 Å². The second kappa shape index (κ2) is 6.68. The average molecular weight is 314 g/mol. The number of sulfonamides is 1. The number of carbonyl (C=O) groups is 2. The fraction of sp³-hybridized carbons (Fsp3) is 0.385. The highest BCUT2D eigenvalue weighted by atomic mass is 32.2. The quantitative estimate of drug-likeness (QED) is 0.793. The van der Waals surface area contributed by atoms with Crippen LogP contribution in [0.2, 0.25) is 0 Å². The SMILES string of the molecule is CNC(=O)CCN(C)S(=O)(=O)c1cccc(C(=O)O)c1C. The van der Waals surface area contributed by atoms with E-state index in [0.717, 1.165) is 4.31 Å². The van der Waals surface area contributed by atoms with E-state index < -0.39 is 16.0 Å². The van der Waals surface area contributed by atoms with Gasteiger partial charge in [0.15, 0.2) is 0 Å². The van der Waals surface area contributed by atoms with Gasteiger partial charge >= 0.3 is 5.97 Å². The molecule has 0 aliphatic carbocycles. The molecule has 0 aliphatic heterocycles.